The van der Waals surface area contributed by atoms with E-state index >= 15 is 0 Å². The first-order chi connectivity index (χ1) is 24.8. The summed E-state index contributed by atoms with van der Waals surface area (Å²) in [7, 11) is 3.25. The molecule has 9 heteroatoms. The summed E-state index contributed by atoms with van der Waals surface area (Å²) >= 11 is 0. The summed E-state index contributed by atoms with van der Waals surface area (Å²) in [6.07, 6.45) is 5.19. The van der Waals surface area contributed by atoms with Crippen molar-refractivity contribution < 1.29 is 44.1 Å². The van der Waals surface area contributed by atoms with Crippen molar-refractivity contribution in [3.05, 3.63) is 95.1 Å². The van der Waals surface area contributed by atoms with E-state index in [1.807, 2.05) is 36.4 Å². The number of phenolic OH excluding ortho intramolecular Hbond substituents is 2. The van der Waals surface area contributed by atoms with E-state index in [9.17, 15) is 20.4 Å². The van der Waals surface area contributed by atoms with Gasteiger partial charge in [0.2, 0.25) is 0 Å². The number of phenols is 2. The molecule has 0 radical (unpaired) electrons. The van der Waals surface area contributed by atoms with Gasteiger partial charge >= 0.3 is 0 Å². The van der Waals surface area contributed by atoms with E-state index in [4.69, 9.17) is 23.7 Å². The van der Waals surface area contributed by atoms with Crippen LogP contribution in [0.1, 0.15) is 79.4 Å². The van der Waals surface area contributed by atoms with E-state index in [0.717, 1.165) is 60.1 Å². The molecule has 1 saturated carbocycles. The minimum Gasteiger partial charge on any atom is -0.508 e. The molecular weight excluding hydrogens is 648 g/mol. The predicted molar refractivity (Wildman–Crippen MR) is 193 cm³/mol. The molecule has 9 nitrogen and oxygen atoms in total. The standard InChI is InChI=1S/C42H48O9/c1-47-17-7-12-38-39(41(46)34-22-31(14-16-37(34)51-38)50-30-10-4-3-5-11-30)36-24-49-42-27(21-32(48-2)23-35(42)40(36)45)18-26-20-29(44)13-15-33(26)25-8-6-9-28(43)19-25/h6,8-9,13-16,19-23,30,36,38-41,43-46H,3-5,7,10-12,17-18,24H2,1-2H3. The highest BCUT2D eigenvalue weighted by molar-refractivity contribution is 5.70. The number of aliphatic hydroxyl groups is 2. The maximum absolute atomic E-state index is 12.2. The van der Waals surface area contributed by atoms with E-state index in [0.29, 0.717) is 47.8 Å². The maximum atomic E-state index is 12.2. The minimum atomic E-state index is -0.992. The van der Waals surface area contributed by atoms with Gasteiger partial charge in [0.15, 0.2) is 0 Å². The second-order valence-electron chi connectivity index (χ2n) is 14.1. The normalized spacial score (nSPS) is 23.0. The number of methoxy groups -OCH3 is 2. The fourth-order valence-electron chi connectivity index (χ4n) is 8.19. The lowest BCUT2D eigenvalue weighted by Crippen LogP contribution is -2.46. The number of fused-ring (bicyclic) bond motifs is 2. The molecule has 4 aromatic rings. The highest BCUT2D eigenvalue weighted by atomic mass is 16.5. The van der Waals surface area contributed by atoms with Gasteiger partial charge in [0, 0.05) is 48.7 Å². The third kappa shape index (κ3) is 7.47. The Kier molecular flexibility index (Phi) is 10.6. The Balaban J connectivity index is 1.21. The van der Waals surface area contributed by atoms with Crippen LogP contribution in [0.2, 0.25) is 0 Å². The van der Waals surface area contributed by atoms with Gasteiger partial charge in [0.05, 0.1) is 32.0 Å². The van der Waals surface area contributed by atoms with Gasteiger partial charge in [-0.1, -0.05) is 24.6 Å². The summed E-state index contributed by atoms with van der Waals surface area (Å²) in [5.74, 6) is 1.73. The van der Waals surface area contributed by atoms with Gasteiger partial charge in [-0.05, 0) is 110 Å². The summed E-state index contributed by atoms with van der Waals surface area (Å²) in [6.45, 7) is 0.711. The summed E-state index contributed by atoms with van der Waals surface area (Å²) in [4.78, 5) is 0. The highest BCUT2D eigenvalue weighted by Crippen LogP contribution is 2.51. The van der Waals surface area contributed by atoms with Crippen LogP contribution >= 0.6 is 0 Å². The van der Waals surface area contributed by atoms with Gasteiger partial charge in [0.25, 0.3) is 0 Å². The van der Waals surface area contributed by atoms with Crippen LogP contribution in [0.4, 0.5) is 0 Å². The Bertz CT molecular complexity index is 1820. The van der Waals surface area contributed by atoms with Crippen LogP contribution in [-0.2, 0) is 11.2 Å². The van der Waals surface area contributed by atoms with Crippen LogP contribution in [0.5, 0.6) is 34.5 Å². The van der Waals surface area contributed by atoms with Crippen LogP contribution in [0.15, 0.2) is 72.8 Å². The first-order valence-corrected chi connectivity index (χ1v) is 18.1. The van der Waals surface area contributed by atoms with Gasteiger partial charge < -0.3 is 44.1 Å². The second kappa shape index (κ2) is 15.4. The van der Waals surface area contributed by atoms with Crippen molar-refractivity contribution in [3.63, 3.8) is 0 Å². The minimum absolute atomic E-state index is 0.116. The summed E-state index contributed by atoms with van der Waals surface area (Å²) in [5.41, 5.74) is 4.48. The number of aliphatic hydroxyl groups excluding tert-OH is 2. The van der Waals surface area contributed by atoms with E-state index in [2.05, 4.69) is 0 Å². The van der Waals surface area contributed by atoms with E-state index in [-0.39, 0.29) is 30.3 Å². The monoisotopic (exact) mass is 696 g/mol. The second-order valence-corrected chi connectivity index (χ2v) is 14.1. The Labute approximate surface area is 299 Å². The van der Waals surface area contributed by atoms with Crippen molar-refractivity contribution in [1.29, 1.82) is 0 Å². The van der Waals surface area contributed by atoms with Gasteiger partial charge in [-0.15, -0.1) is 0 Å². The molecule has 0 amide bonds. The zero-order chi connectivity index (χ0) is 35.5. The lowest BCUT2D eigenvalue weighted by atomic mass is 9.72. The Morgan fingerprint density at radius 3 is 2.37 bits per heavy atom. The summed E-state index contributed by atoms with van der Waals surface area (Å²) < 4.78 is 30.6. The van der Waals surface area contributed by atoms with Crippen LogP contribution in [0.3, 0.4) is 0 Å². The molecule has 5 unspecified atom stereocenters. The van der Waals surface area contributed by atoms with Crippen LogP contribution < -0.4 is 18.9 Å². The molecule has 0 aromatic heterocycles. The number of hydrogen-bond acceptors (Lipinski definition) is 9. The quantitative estimate of drug-likeness (QED) is 0.117. The number of ether oxygens (including phenoxy) is 5. The molecule has 0 saturated heterocycles. The lowest BCUT2D eigenvalue weighted by Gasteiger charge is -2.45. The van der Waals surface area contributed by atoms with Crippen LogP contribution in [-0.4, -0.2) is 60.1 Å². The molecular formula is C42H48O9. The summed E-state index contributed by atoms with van der Waals surface area (Å²) in [5, 5.41) is 45.0. The summed E-state index contributed by atoms with van der Waals surface area (Å²) in [6, 6.07) is 21.6. The first kappa shape index (κ1) is 35.0. The van der Waals surface area contributed by atoms with Crippen molar-refractivity contribution in [1.82, 2.24) is 0 Å². The third-order valence-electron chi connectivity index (χ3n) is 10.7. The topological polar surface area (TPSA) is 127 Å². The van der Waals surface area contributed by atoms with Crippen LogP contribution in [0.25, 0.3) is 11.1 Å². The van der Waals surface area contributed by atoms with Gasteiger partial charge in [-0.3, -0.25) is 0 Å². The zero-order valence-corrected chi connectivity index (χ0v) is 29.3. The molecule has 51 heavy (non-hydrogen) atoms. The number of rotatable bonds is 11. The Morgan fingerprint density at radius 1 is 0.784 bits per heavy atom. The molecule has 2 heterocycles. The van der Waals surface area contributed by atoms with Crippen LogP contribution in [0, 0.1) is 11.8 Å². The molecule has 2 aliphatic heterocycles. The van der Waals surface area contributed by atoms with E-state index in [1.165, 1.54) is 6.42 Å². The smallest absolute Gasteiger partial charge is 0.128 e. The molecule has 0 bridgehead atoms. The van der Waals surface area contributed by atoms with Crippen molar-refractivity contribution >= 4 is 0 Å². The molecule has 0 spiro atoms. The highest BCUT2D eigenvalue weighted by Gasteiger charge is 2.47. The molecule has 1 aliphatic carbocycles. The van der Waals surface area contributed by atoms with Gasteiger partial charge in [-0.25, -0.2) is 0 Å². The molecule has 270 valence electrons. The molecule has 5 atom stereocenters. The largest absolute Gasteiger partial charge is 0.508 e. The van der Waals surface area contributed by atoms with Crippen molar-refractivity contribution in [2.24, 2.45) is 11.8 Å². The predicted octanol–water partition coefficient (Wildman–Crippen LogP) is 7.66. The zero-order valence-electron chi connectivity index (χ0n) is 29.3. The first-order valence-electron chi connectivity index (χ1n) is 18.1. The Hall–Kier alpha value is -4.44. The molecule has 4 aromatic carbocycles. The lowest BCUT2D eigenvalue weighted by molar-refractivity contribution is -0.0890. The van der Waals surface area contributed by atoms with E-state index in [1.54, 1.807) is 50.6 Å². The molecule has 3 aliphatic rings. The van der Waals surface area contributed by atoms with E-state index < -0.39 is 24.0 Å². The molecule has 4 N–H and O–H groups in total. The fourth-order valence-corrected chi connectivity index (χ4v) is 8.19. The van der Waals surface area contributed by atoms with Gasteiger partial charge in [0.1, 0.15) is 40.6 Å². The number of hydrogen-bond donors (Lipinski definition) is 4. The maximum Gasteiger partial charge on any atom is 0.128 e. The van der Waals surface area contributed by atoms with Crippen molar-refractivity contribution in [2.75, 3.05) is 27.4 Å². The Morgan fingerprint density at radius 2 is 1.59 bits per heavy atom. The number of aromatic hydroxyl groups is 2. The average Bonchev–Trinajstić information content (AvgIpc) is 3.13. The fraction of sp³-hybridized carbons (Fsp3) is 0.429. The molecule has 1 fully saturated rings. The third-order valence-corrected chi connectivity index (χ3v) is 10.7. The average molecular weight is 697 g/mol. The number of benzene rings is 4. The molecule has 7 rings (SSSR count). The SMILES string of the molecule is COCCCC1Oc2ccc(OC3CCCCC3)cc2C(O)C1C1COc2c(Cc3cc(O)ccc3-c3cccc(O)c3)cc(OC)cc2C1O. The van der Waals surface area contributed by atoms with Gasteiger partial charge in [-0.2, -0.15) is 0 Å². The van der Waals surface area contributed by atoms with Crippen molar-refractivity contribution in [2.45, 2.75) is 75.8 Å². The van der Waals surface area contributed by atoms with Crippen molar-refractivity contribution in [3.8, 4) is 45.6 Å².